The number of carbonyl (C=O) groups excluding carboxylic acids is 1. The molecular formula is C21H27N3O. The van der Waals surface area contributed by atoms with Crippen LogP contribution < -0.4 is 10.2 Å². The van der Waals surface area contributed by atoms with E-state index in [-0.39, 0.29) is 5.91 Å². The largest absolute Gasteiger partial charge is 0.369 e. The molecule has 0 spiro atoms. The molecule has 0 aliphatic carbocycles. The van der Waals surface area contributed by atoms with Gasteiger partial charge in [0.1, 0.15) is 0 Å². The van der Waals surface area contributed by atoms with Crippen LogP contribution in [-0.2, 0) is 11.2 Å². The zero-order valence-electron chi connectivity index (χ0n) is 15.2. The second-order valence-corrected chi connectivity index (χ2v) is 6.70. The molecule has 132 valence electrons. The lowest BCUT2D eigenvalue weighted by Crippen LogP contribution is -2.48. The third-order valence-electron chi connectivity index (χ3n) is 4.75. The zero-order chi connectivity index (χ0) is 17.6. The minimum Gasteiger partial charge on any atom is -0.369 e. The Labute approximate surface area is 150 Å². The maximum absolute atomic E-state index is 12.3. The highest BCUT2D eigenvalue weighted by Gasteiger charge is 2.19. The summed E-state index contributed by atoms with van der Waals surface area (Å²) in [6.45, 7) is 8.45. The quantitative estimate of drug-likeness (QED) is 0.909. The average Bonchev–Trinajstić information content (AvgIpc) is 2.63. The van der Waals surface area contributed by atoms with E-state index in [1.165, 1.54) is 16.8 Å². The van der Waals surface area contributed by atoms with E-state index in [1.54, 1.807) is 0 Å². The molecule has 0 unspecified atom stereocenters. The Morgan fingerprint density at radius 3 is 2.40 bits per heavy atom. The summed E-state index contributed by atoms with van der Waals surface area (Å²) in [5.41, 5.74) is 4.72. The molecule has 0 radical (unpaired) electrons. The fourth-order valence-corrected chi connectivity index (χ4v) is 3.22. The van der Waals surface area contributed by atoms with Gasteiger partial charge >= 0.3 is 0 Å². The first-order valence-corrected chi connectivity index (χ1v) is 9.07. The van der Waals surface area contributed by atoms with Gasteiger partial charge in [-0.15, -0.1) is 0 Å². The van der Waals surface area contributed by atoms with E-state index in [9.17, 15) is 4.79 Å². The first kappa shape index (κ1) is 17.5. The number of rotatable bonds is 5. The molecule has 2 aromatic carbocycles. The SMILES string of the molecule is CCc1ccc(NC(=O)CN2CCN(c3cccc(C)c3)CC2)cc1. The number of benzene rings is 2. The van der Waals surface area contributed by atoms with Gasteiger partial charge in [0, 0.05) is 37.6 Å². The summed E-state index contributed by atoms with van der Waals surface area (Å²) in [6.07, 6.45) is 1.01. The summed E-state index contributed by atoms with van der Waals surface area (Å²) in [6, 6.07) is 16.7. The molecule has 0 bridgehead atoms. The molecule has 0 aromatic heterocycles. The first-order valence-electron chi connectivity index (χ1n) is 9.07. The number of anilines is 2. The van der Waals surface area contributed by atoms with Gasteiger partial charge in [0.25, 0.3) is 0 Å². The molecule has 1 heterocycles. The van der Waals surface area contributed by atoms with Crippen LogP contribution in [0.15, 0.2) is 48.5 Å². The molecule has 1 aliphatic heterocycles. The predicted molar refractivity (Wildman–Crippen MR) is 104 cm³/mol. The minimum atomic E-state index is 0.0632. The molecule has 4 heteroatoms. The maximum Gasteiger partial charge on any atom is 0.238 e. The van der Waals surface area contributed by atoms with E-state index in [2.05, 4.69) is 65.4 Å². The first-order chi connectivity index (χ1) is 12.1. The fraction of sp³-hybridized carbons (Fsp3) is 0.381. The predicted octanol–water partition coefficient (Wildman–Crippen LogP) is 3.32. The number of hydrogen-bond acceptors (Lipinski definition) is 3. The van der Waals surface area contributed by atoms with Crippen LogP contribution in [0.2, 0.25) is 0 Å². The Hall–Kier alpha value is -2.33. The molecule has 3 rings (SSSR count). The van der Waals surface area contributed by atoms with Gasteiger partial charge in [-0.25, -0.2) is 0 Å². The van der Waals surface area contributed by atoms with Crippen LogP contribution in [0.3, 0.4) is 0 Å². The Morgan fingerprint density at radius 1 is 1.04 bits per heavy atom. The molecule has 1 N–H and O–H groups in total. The Bertz CT molecular complexity index is 703. The fourth-order valence-electron chi connectivity index (χ4n) is 3.22. The summed E-state index contributed by atoms with van der Waals surface area (Å²) >= 11 is 0. The number of carbonyl (C=O) groups is 1. The number of piperazine rings is 1. The Kier molecular flexibility index (Phi) is 5.71. The normalized spacial score (nSPS) is 15.2. The lowest BCUT2D eigenvalue weighted by atomic mass is 10.1. The van der Waals surface area contributed by atoms with Gasteiger partial charge < -0.3 is 10.2 Å². The van der Waals surface area contributed by atoms with Crippen molar-refractivity contribution in [1.29, 1.82) is 0 Å². The van der Waals surface area contributed by atoms with Crippen LogP contribution in [0.25, 0.3) is 0 Å². The van der Waals surface area contributed by atoms with Gasteiger partial charge in [-0.1, -0.05) is 31.2 Å². The number of hydrogen-bond donors (Lipinski definition) is 1. The van der Waals surface area contributed by atoms with E-state index in [0.29, 0.717) is 6.54 Å². The molecule has 0 saturated carbocycles. The van der Waals surface area contributed by atoms with Gasteiger partial charge in [-0.3, -0.25) is 9.69 Å². The van der Waals surface area contributed by atoms with Crippen molar-refractivity contribution in [1.82, 2.24) is 4.90 Å². The van der Waals surface area contributed by atoms with Crippen LogP contribution >= 0.6 is 0 Å². The van der Waals surface area contributed by atoms with Crippen LogP contribution in [0, 0.1) is 6.92 Å². The summed E-state index contributed by atoms with van der Waals surface area (Å²) in [5, 5.41) is 3.00. The highest BCUT2D eigenvalue weighted by atomic mass is 16.2. The van der Waals surface area contributed by atoms with E-state index >= 15 is 0 Å². The highest BCUT2D eigenvalue weighted by molar-refractivity contribution is 5.92. The molecular weight excluding hydrogens is 310 g/mol. The van der Waals surface area contributed by atoms with Crippen molar-refractivity contribution in [2.24, 2.45) is 0 Å². The lowest BCUT2D eigenvalue weighted by molar-refractivity contribution is -0.117. The number of nitrogens with one attached hydrogen (secondary N) is 1. The van der Waals surface area contributed by atoms with Crippen molar-refractivity contribution in [2.75, 3.05) is 42.9 Å². The summed E-state index contributed by atoms with van der Waals surface area (Å²) in [4.78, 5) is 16.9. The summed E-state index contributed by atoms with van der Waals surface area (Å²) < 4.78 is 0. The maximum atomic E-state index is 12.3. The highest BCUT2D eigenvalue weighted by Crippen LogP contribution is 2.18. The number of nitrogens with zero attached hydrogens (tertiary/aromatic N) is 2. The molecule has 4 nitrogen and oxygen atoms in total. The van der Waals surface area contributed by atoms with Crippen molar-refractivity contribution in [3.63, 3.8) is 0 Å². The third-order valence-corrected chi connectivity index (χ3v) is 4.75. The van der Waals surface area contributed by atoms with Crippen LogP contribution in [0.4, 0.5) is 11.4 Å². The van der Waals surface area contributed by atoms with Crippen molar-refractivity contribution in [2.45, 2.75) is 20.3 Å². The molecule has 1 fully saturated rings. The van der Waals surface area contributed by atoms with Crippen LogP contribution in [0.5, 0.6) is 0 Å². The van der Waals surface area contributed by atoms with Crippen molar-refractivity contribution in [3.8, 4) is 0 Å². The van der Waals surface area contributed by atoms with Crippen LogP contribution in [-0.4, -0.2) is 43.5 Å². The van der Waals surface area contributed by atoms with E-state index in [1.807, 2.05) is 12.1 Å². The van der Waals surface area contributed by atoms with Gasteiger partial charge in [0.2, 0.25) is 5.91 Å². The van der Waals surface area contributed by atoms with E-state index in [4.69, 9.17) is 0 Å². The standard InChI is InChI=1S/C21H27N3O/c1-3-18-7-9-19(10-8-18)22-21(25)16-23-11-13-24(14-12-23)20-6-4-5-17(2)15-20/h4-10,15H,3,11-14,16H2,1-2H3,(H,22,25). The Morgan fingerprint density at radius 2 is 1.76 bits per heavy atom. The molecule has 1 saturated heterocycles. The third kappa shape index (κ3) is 4.83. The monoisotopic (exact) mass is 337 g/mol. The topological polar surface area (TPSA) is 35.6 Å². The van der Waals surface area contributed by atoms with E-state index in [0.717, 1.165) is 38.3 Å². The molecule has 1 amide bonds. The average molecular weight is 337 g/mol. The van der Waals surface area contributed by atoms with Gasteiger partial charge in [0.15, 0.2) is 0 Å². The second kappa shape index (κ2) is 8.17. The van der Waals surface area contributed by atoms with Crippen LogP contribution in [0.1, 0.15) is 18.1 Å². The summed E-state index contributed by atoms with van der Waals surface area (Å²) in [7, 11) is 0. The minimum absolute atomic E-state index is 0.0632. The molecule has 0 atom stereocenters. The molecule has 25 heavy (non-hydrogen) atoms. The number of aryl methyl sites for hydroxylation is 2. The zero-order valence-corrected chi connectivity index (χ0v) is 15.2. The summed E-state index contributed by atoms with van der Waals surface area (Å²) in [5.74, 6) is 0.0632. The van der Waals surface area contributed by atoms with Crippen molar-refractivity contribution >= 4 is 17.3 Å². The van der Waals surface area contributed by atoms with Crippen molar-refractivity contribution < 1.29 is 4.79 Å². The molecule has 1 aliphatic rings. The molecule has 2 aromatic rings. The smallest absolute Gasteiger partial charge is 0.238 e. The second-order valence-electron chi connectivity index (χ2n) is 6.70. The van der Waals surface area contributed by atoms with Gasteiger partial charge in [-0.2, -0.15) is 0 Å². The lowest BCUT2D eigenvalue weighted by Gasteiger charge is -2.35. The number of amides is 1. The van der Waals surface area contributed by atoms with Gasteiger partial charge in [0.05, 0.1) is 6.54 Å². The van der Waals surface area contributed by atoms with Gasteiger partial charge in [-0.05, 0) is 48.7 Å². The van der Waals surface area contributed by atoms with Crippen molar-refractivity contribution in [3.05, 3.63) is 59.7 Å². The Balaban J connectivity index is 1.47. The van der Waals surface area contributed by atoms with E-state index < -0.39 is 0 Å².